The summed E-state index contributed by atoms with van der Waals surface area (Å²) in [6.45, 7) is 1.60. The van der Waals surface area contributed by atoms with Gasteiger partial charge in [-0.05, 0) is 37.0 Å². The van der Waals surface area contributed by atoms with Gasteiger partial charge in [0.25, 0.3) is 0 Å². The van der Waals surface area contributed by atoms with Gasteiger partial charge in [-0.25, -0.2) is 15.2 Å². The van der Waals surface area contributed by atoms with Gasteiger partial charge in [-0.15, -0.1) is 0 Å². The van der Waals surface area contributed by atoms with Crippen LogP contribution in [0, 0.1) is 11.7 Å². The van der Waals surface area contributed by atoms with Gasteiger partial charge in [-0.1, -0.05) is 12.1 Å². The summed E-state index contributed by atoms with van der Waals surface area (Å²) in [7, 11) is 0. The summed E-state index contributed by atoms with van der Waals surface area (Å²) in [5.41, 5.74) is 7.57. The third kappa shape index (κ3) is 3.23. The fraction of sp³-hybridized carbons (Fsp3) is 0.533. The lowest BCUT2D eigenvalue weighted by Gasteiger charge is -2.34. The van der Waals surface area contributed by atoms with Gasteiger partial charge in [0.2, 0.25) is 0 Å². The highest BCUT2D eigenvalue weighted by molar-refractivity contribution is 5.70. The van der Waals surface area contributed by atoms with Crippen molar-refractivity contribution in [3.8, 4) is 0 Å². The first-order valence-corrected chi connectivity index (χ1v) is 7.37. The molecule has 0 radical (unpaired) electrons. The van der Waals surface area contributed by atoms with Gasteiger partial charge >= 0.3 is 5.97 Å². The Morgan fingerprint density at radius 1 is 1.19 bits per heavy atom. The van der Waals surface area contributed by atoms with E-state index in [4.69, 9.17) is 5.11 Å². The number of rotatable bonds is 3. The van der Waals surface area contributed by atoms with Crippen molar-refractivity contribution in [3.05, 3.63) is 35.6 Å². The molecular formula is C15H20FN3O2. The van der Waals surface area contributed by atoms with Crippen LogP contribution in [0.4, 0.5) is 4.39 Å². The van der Waals surface area contributed by atoms with Gasteiger partial charge in [0.15, 0.2) is 0 Å². The molecule has 0 aromatic heterocycles. The molecule has 2 fully saturated rings. The van der Waals surface area contributed by atoms with Crippen molar-refractivity contribution in [2.45, 2.75) is 31.5 Å². The van der Waals surface area contributed by atoms with Crippen LogP contribution in [-0.4, -0.2) is 35.2 Å². The zero-order valence-electron chi connectivity index (χ0n) is 11.8. The fourth-order valence-corrected chi connectivity index (χ4v) is 3.15. The van der Waals surface area contributed by atoms with Gasteiger partial charge in [0.05, 0.1) is 12.1 Å². The van der Waals surface area contributed by atoms with Crippen LogP contribution < -0.4 is 10.9 Å². The minimum Gasteiger partial charge on any atom is -0.481 e. The van der Waals surface area contributed by atoms with E-state index < -0.39 is 5.97 Å². The summed E-state index contributed by atoms with van der Waals surface area (Å²) >= 11 is 0. The van der Waals surface area contributed by atoms with Gasteiger partial charge in [-0.2, -0.15) is 0 Å². The van der Waals surface area contributed by atoms with Crippen LogP contribution in [0.25, 0.3) is 0 Å². The Bertz CT molecular complexity index is 500. The van der Waals surface area contributed by atoms with Gasteiger partial charge in [0, 0.05) is 19.1 Å². The normalized spacial score (nSPS) is 27.9. The number of benzene rings is 1. The molecule has 3 rings (SSSR count). The van der Waals surface area contributed by atoms with E-state index >= 15 is 0 Å². The Morgan fingerprint density at radius 3 is 2.48 bits per heavy atom. The molecule has 114 valence electrons. The number of hydrazine groups is 1. The molecule has 2 unspecified atom stereocenters. The molecule has 0 spiro atoms. The highest BCUT2D eigenvalue weighted by Gasteiger charge is 2.33. The van der Waals surface area contributed by atoms with Crippen molar-refractivity contribution < 1.29 is 14.3 Å². The second-order valence-electron chi connectivity index (χ2n) is 5.79. The number of likely N-dealkylation sites (tertiary alicyclic amines) is 1. The maximum atomic E-state index is 13.0. The fourth-order valence-electron chi connectivity index (χ4n) is 3.15. The first kappa shape index (κ1) is 14.4. The predicted octanol–water partition coefficient (Wildman–Crippen LogP) is 1.49. The number of nitrogens with one attached hydrogen (secondary N) is 2. The van der Waals surface area contributed by atoms with E-state index in [2.05, 4.69) is 15.8 Å². The van der Waals surface area contributed by atoms with Crippen molar-refractivity contribution in [1.29, 1.82) is 0 Å². The van der Waals surface area contributed by atoms with Crippen LogP contribution in [0.2, 0.25) is 0 Å². The van der Waals surface area contributed by atoms with E-state index in [0.29, 0.717) is 12.8 Å². The molecule has 1 aromatic carbocycles. The summed E-state index contributed by atoms with van der Waals surface area (Å²) in [6, 6.07) is 6.71. The average molecular weight is 293 g/mol. The predicted molar refractivity (Wildman–Crippen MR) is 75.8 cm³/mol. The van der Waals surface area contributed by atoms with E-state index in [1.54, 1.807) is 12.1 Å². The van der Waals surface area contributed by atoms with Gasteiger partial charge in [-0.3, -0.25) is 9.69 Å². The number of nitrogens with zero attached hydrogens (tertiary/aromatic N) is 1. The summed E-state index contributed by atoms with van der Waals surface area (Å²) in [5.74, 6) is -1.11. The summed E-state index contributed by atoms with van der Waals surface area (Å²) in [5, 5.41) is 9.03. The van der Waals surface area contributed by atoms with Gasteiger partial charge < -0.3 is 5.11 Å². The second kappa shape index (κ2) is 6.09. The monoisotopic (exact) mass is 293 g/mol. The Kier molecular flexibility index (Phi) is 4.19. The molecule has 2 aliphatic heterocycles. The molecule has 0 saturated carbocycles. The molecule has 5 nitrogen and oxygen atoms in total. The molecular weight excluding hydrogens is 273 g/mol. The van der Waals surface area contributed by atoms with E-state index in [1.807, 2.05) is 0 Å². The third-order valence-corrected chi connectivity index (χ3v) is 4.48. The lowest BCUT2D eigenvalue weighted by Crippen LogP contribution is -2.48. The lowest BCUT2D eigenvalue weighted by molar-refractivity contribution is -0.143. The number of hydrogen-bond donors (Lipinski definition) is 3. The minimum atomic E-state index is -0.684. The Morgan fingerprint density at radius 2 is 1.86 bits per heavy atom. The largest absolute Gasteiger partial charge is 0.481 e. The molecule has 2 atom stereocenters. The molecule has 2 saturated heterocycles. The molecule has 3 N–H and O–H groups in total. The summed E-state index contributed by atoms with van der Waals surface area (Å²) < 4.78 is 13.0. The summed E-state index contributed by atoms with van der Waals surface area (Å²) in [6.07, 6.45) is 2.50. The molecule has 1 aromatic rings. The quantitative estimate of drug-likeness (QED) is 0.788. The van der Waals surface area contributed by atoms with Crippen molar-refractivity contribution in [2.24, 2.45) is 5.92 Å². The first-order chi connectivity index (χ1) is 10.1. The van der Waals surface area contributed by atoms with E-state index in [1.165, 1.54) is 12.1 Å². The number of carbonyl (C=O) groups is 1. The topological polar surface area (TPSA) is 64.6 Å². The number of halogens is 1. The second-order valence-corrected chi connectivity index (χ2v) is 5.79. The van der Waals surface area contributed by atoms with Gasteiger partial charge in [0.1, 0.15) is 5.82 Å². The highest BCUT2D eigenvalue weighted by Crippen LogP contribution is 2.27. The number of aliphatic carboxylic acids is 1. The van der Waals surface area contributed by atoms with E-state index in [9.17, 15) is 9.18 Å². The number of carboxylic acids is 1. The van der Waals surface area contributed by atoms with Crippen molar-refractivity contribution in [3.63, 3.8) is 0 Å². The number of hydrogen-bond acceptors (Lipinski definition) is 4. The van der Waals surface area contributed by atoms with Crippen LogP contribution in [0.1, 0.15) is 30.9 Å². The van der Waals surface area contributed by atoms with Crippen LogP contribution >= 0.6 is 0 Å². The minimum absolute atomic E-state index is 0.160. The molecule has 0 bridgehead atoms. The van der Waals surface area contributed by atoms with Crippen LogP contribution in [0.15, 0.2) is 24.3 Å². The molecule has 2 heterocycles. The SMILES string of the molecule is O=C(O)C1CCN(C2CC(c3ccc(F)cc3)NN2)CC1. The third-order valence-electron chi connectivity index (χ3n) is 4.48. The maximum absolute atomic E-state index is 13.0. The van der Waals surface area contributed by atoms with Crippen molar-refractivity contribution >= 4 is 5.97 Å². The molecule has 6 heteroatoms. The summed E-state index contributed by atoms with van der Waals surface area (Å²) in [4.78, 5) is 13.3. The first-order valence-electron chi connectivity index (χ1n) is 7.37. The van der Waals surface area contributed by atoms with Crippen molar-refractivity contribution in [1.82, 2.24) is 15.8 Å². The Labute approximate surface area is 123 Å². The molecule has 0 aliphatic carbocycles. The molecule has 2 aliphatic rings. The van der Waals surface area contributed by atoms with Crippen LogP contribution in [-0.2, 0) is 4.79 Å². The molecule has 21 heavy (non-hydrogen) atoms. The standard InChI is InChI=1S/C15H20FN3O2/c16-12-3-1-10(2-4-12)13-9-14(18-17-13)19-7-5-11(6-8-19)15(20)21/h1-4,11,13-14,17-18H,5-9H2,(H,20,21). The highest BCUT2D eigenvalue weighted by atomic mass is 19.1. The van der Waals surface area contributed by atoms with Crippen LogP contribution in [0.3, 0.4) is 0 Å². The van der Waals surface area contributed by atoms with E-state index in [-0.39, 0.29) is 23.9 Å². The Balaban J connectivity index is 1.55. The van der Waals surface area contributed by atoms with Crippen molar-refractivity contribution in [2.75, 3.05) is 13.1 Å². The zero-order chi connectivity index (χ0) is 14.8. The molecule has 0 amide bonds. The Hall–Kier alpha value is -1.50. The smallest absolute Gasteiger partial charge is 0.306 e. The van der Waals surface area contributed by atoms with E-state index in [0.717, 1.165) is 25.1 Å². The maximum Gasteiger partial charge on any atom is 0.306 e. The number of carboxylic acid groups (broad SMARTS) is 1. The lowest BCUT2D eigenvalue weighted by atomic mass is 9.96. The number of piperidine rings is 1. The average Bonchev–Trinajstić information content (AvgIpc) is 2.98. The van der Waals surface area contributed by atoms with Crippen LogP contribution in [0.5, 0.6) is 0 Å². The zero-order valence-corrected chi connectivity index (χ0v) is 11.8.